The van der Waals surface area contributed by atoms with Crippen molar-refractivity contribution in [2.45, 2.75) is 65.0 Å². The monoisotopic (exact) mass is 931 g/mol. The number of carbonyl (C=O) groups is 4. The van der Waals surface area contributed by atoms with Crippen molar-refractivity contribution in [3.63, 3.8) is 0 Å². The van der Waals surface area contributed by atoms with Gasteiger partial charge in [-0.15, -0.1) is 11.8 Å². The van der Waals surface area contributed by atoms with Crippen molar-refractivity contribution in [2.24, 2.45) is 0 Å². The summed E-state index contributed by atoms with van der Waals surface area (Å²) in [6.45, 7) is 8.78. The number of likely N-dealkylation sites (tertiary alicyclic amines) is 1. The predicted molar refractivity (Wildman–Crippen MR) is 254 cm³/mol. The van der Waals surface area contributed by atoms with Gasteiger partial charge in [0.2, 0.25) is 0 Å². The number of hydrogen-bond acceptors (Lipinski definition) is 10. The Kier molecular flexibility index (Phi) is 21.1. The molecule has 4 aromatic carbocycles. The molecule has 3 unspecified atom stereocenters. The smallest absolute Gasteiger partial charge is 0.328 e. The van der Waals surface area contributed by atoms with E-state index in [1.807, 2.05) is 41.7 Å². The van der Waals surface area contributed by atoms with E-state index in [1.165, 1.54) is 63.9 Å². The van der Waals surface area contributed by atoms with E-state index in [4.69, 9.17) is 36.8 Å². The third kappa shape index (κ3) is 16.6. The van der Waals surface area contributed by atoms with Crippen LogP contribution in [-0.4, -0.2) is 125 Å². The lowest BCUT2D eigenvalue weighted by molar-refractivity contribution is -0.134. The quantitative estimate of drug-likeness (QED) is 0.0785. The molecule has 0 saturated carbocycles. The summed E-state index contributed by atoms with van der Waals surface area (Å²) in [4.78, 5) is 50.0. The summed E-state index contributed by atoms with van der Waals surface area (Å²) in [6, 6.07) is 35.6. The highest BCUT2D eigenvalue weighted by Crippen LogP contribution is 2.44. The predicted octanol–water partition coefficient (Wildman–Crippen LogP) is 8.93. The first-order valence-corrected chi connectivity index (χ1v) is 23.3. The Morgan fingerprint density at radius 1 is 0.750 bits per heavy atom. The first kappa shape index (κ1) is 51.7. The Morgan fingerprint density at radius 3 is 1.86 bits per heavy atom. The van der Waals surface area contributed by atoms with E-state index in [0.29, 0.717) is 36.4 Å². The lowest BCUT2D eigenvalue weighted by Gasteiger charge is -2.38. The number of carboxylic acid groups (broad SMARTS) is 4. The van der Waals surface area contributed by atoms with Crippen LogP contribution in [0.3, 0.4) is 0 Å². The Hall–Kier alpha value is -4.93. The number of fused-ring (bicyclic) bond motifs is 2. The summed E-state index contributed by atoms with van der Waals surface area (Å²) in [5.74, 6) is -5.03. The van der Waals surface area contributed by atoms with Gasteiger partial charge in [0.15, 0.2) is 0 Å². The molecule has 3 aliphatic rings. The molecule has 4 N–H and O–H groups in total. The zero-order valence-corrected chi connectivity index (χ0v) is 39.0. The molecular formula is C49H58ClN3O9S2. The molecule has 12 nitrogen and oxygen atoms in total. The fourth-order valence-electron chi connectivity index (χ4n) is 7.56. The first-order chi connectivity index (χ1) is 30.6. The van der Waals surface area contributed by atoms with Crippen molar-refractivity contribution in [1.82, 2.24) is 14.7 Å². The number of piperazine rings is 1. The molecule has 3 heterocycles. The summed E-state index contributed by atoms with van der Waals surface area (Å²) in [7, 11) is 4.45. The van der Waals surface area contributed by atoms with E-state index in [-0.39, 0.29) is 0 Å². The van der Waals surface area contributed by atoms with Gasteiger partial charge in [0.1, 0.15) is 5.60 Å². The summed E-state index contributed by atoms with van der Waals surface area (Å²) < 4.78 is 6.48. The molecule has 0 spiro atoms. The van der Waals surface area contributed by atoms with Crippen LogP contribution in [0.5, 0.6) is 0 Å². The van der Waals surface area contributed by atoms with Gasteiger partial charge in [0.05, 0.1) is 0 Å². The second-order valence-corrected chi connectivity index (χ2v) is 17.9. The Labute approximate surface area is 389 Å². The number of benzene rings is 4. The highest BCUT2D eigenvalue weighted by atomic mass is 35.5. The highest BCUT2D eigenvalue weighted by molar-refractivity contribution is 7.99. The molecule has 64 heavy (non-hydrogen) atoms. The van der Waals surface area contributed by atoms with E-state index in [1.54, 1.807) is 0 Å². The zero-order chi connectivity index (χ0) is 46.6. The van der Waals surface area contributed by atoms with Gasteiger partial charge in [0, 0.05) is 88.9 Å². The average molecular weight is 933 g/mol. The fraction of sp³-hybridized carbons (Fsp3) is 0.347. The lowest BCUT2D eigenvalue weighted by Crippen LogP contribution is -2.46. The van der Waals surface area contributed by atoms with Crippen LogP contribution in [0.4, 0.5) is 0 Å². The number of likely N-dealkylation sites (N-methyl/N-ethyl adjacent to an activating group) is 1. The third-order valence-corrected chi connectivity index (χ3v) is 13.3. The molecular weight excluding hydrogens is 874 g/mol. The number of thioether (sulfide) groups is 1. The van der Waals surface area contributed by atoms with E-state index in [9.17, 15) is 19.2 Å². The van der Waals surface area contributed by atoms with Crippen molar-refractivity contribution in [3.8, 4) is 0 Å². The largest absolute Gasteiger partial charge is 0.478 e. The number of halogens is 1. The maximum atomic E-state index is 9.55. The molecule has 2 saturated heterocycles. The number of carboxylic acids is 4. The van der Waals surface area contributed by atoms with Gasteiger partial charge in [-0.05, 0) is 118 Å². The Morgan fingerprint density at radius 2 is 1.31 bits per heavy atom. The number of rotatable bonds is 12. The SMILES string of the molecule is CN1CCCC1CCOC(C)(c1ccccc1)c1ccc(Cl)cc1.CSc1ccc2c(c1)C(N1CCN(C)CC1)Cc1ccccc1S2.O=C(O)C=CC(=O)O.O=C(O)C=CC(=O)O. The minimum absolute atomic E-state index is 0.455. The van der Waals surface area contributed by atoms with E-state index in [2.05, 4.69) is 121 Å². The van der Waals surface area contributed by atoms with Crippen LogP contribution in [0.2, 0.25) is 5.02 Å². The van der Waals surface area contributed by atoms with Crippen molar-refractivity contribution in [2.75, 3.05) is 59.7 Å². The van der Waals surface area contributed by atoms with Gasteiger partial charge in [0.25, 0.3) is 0 Å². The molecule has 3 aliphatic heterocycles. The lowest BCUT2D eigenvalue weighted by atomic mass is 9.88. The summed E-state index contributed by atoms with van der Waals surface area (Å²) >= 11 is 9.86. The molecule has 342 valence electrons. The Balaban J connectivity index is 0.000000211. The van der Waals surface area contributed by atoms with Crippen LogP contribution in [0.1, 0.15) is 54.5 Å². The van der Waals surface area contributed by atoms with Gasteiger partial charge in [-0.1, -0.05) is 84.0 Å². The molecule has 0 aromatic heterocycles. The van der Waals surface area contributed by atoms with E-state index in [0.717, 1.165) is 43.1 Å². The fourth-order valence-corrected chi connectivity index (χ4v) is 9.25. The number of aliphatic carboxylic acids is 4. The second kappa shape index (κ2) is 26.1. The number of ether oxygens (including phenoxy) is 1. The van der Waals surface area contributed by atoms with Crippen LogP contribution in [0.25, 0.3) is 0 Å². The molecule has 0 aliphatic carbocycles. The summed E-state index contributed by atoms with van der Waals surface area (Å²) in [6.07, 6.45) is 9.18. The van der Waals surface area contributed by atoms with E-state index < -0.39 is 29.5 Å². The minimum Gasteiger partial charge on any atom is -0.478 e. The summed E-state index contributed by atoms with van der Waals surface area (Å²) in [5, 5.41) is 32.0. The highest BCUT2D eigenvalue weighted by Gasteiger charge is 2.32. The second-order valence-electron chi connectivity index (χ2n) is 15.5. The molecule has 0 bridgehead atoms. The first-order valence-electron chi connectivity index (χ1n) is 20.9. The molecule has 2 fully saturated rings. The molecule has 7 rings (SSSR count). The normalized spacial score (nSPS) is 18.4. The van der Waals surface area contributed by atoms with Crippen LogP contribution in [-0.2, 0) is 35.9 Å². The number of hydrogen-bond donors (Lipinski definition) is 4. The number of nitrogens with zero attached hydrogens (tertiary/aromatic N) is 3. The van der Waals surface area contributed by atoms with Gasteiger partial charge < -0.3 is 35.0 Å². The van der Waals surface area contributed by atoms with Crippen LogP contribution in [0, 0.1) is 0 Å². The zero-order valence-electron chi connectivity index (χ0n) is 36.6. The van der Waals surface area contributed by atoms with Crippen molar-refractivity contribution < 1.29 is 44.3 Å². The molecule has 0 amide bonds. The molecule has 3 atom stereocenters. The maximum absolute atomic E-state index is 9.55. The molecule has 15 heteroatoms. The van der Waals surface area contributed by atoms with Gasteiger partial charge >= 0.3 is 23.9 Å². The standard InChI is InChI=1S/C21H26ClNO.C20H24N2S2.2C4H4O4/c1-21(17-7-4-3-5-8-17,18-10-12-19(22)13-11-18)24-16-14-20-9-6-15-23(20)2;1-21-9-11-22(12-10-21)18-13-15-5-3-4-6-19(15)24-20-8-7-16(23-2)14-17(18)20;2*5-3(6)1-2-4(7)8/h3-5,7-8,10-13,20H,6,9,14-16H2,1-2H3;3-8,14,18H,9-13H2,1-2H3;2*1-2H,(H,5,6)(H,7,8). The third-order valence-electron chi connectivity index (χ3n) is 11.1. The van der Waals surface area contributed by atoms with Crippen molar-refractivity contribution >= 4 is 59.0 Å². The van der Waals surface area contributed by atoms with Crippen molar-refractivity contribution in [1.29, 1.82) is 0 Å². The molecule has 4 aromatic rings. The van der Waals surface area contributed by atoms with Crippen LogP contribution >= 0.6 is 35.1 Å². The summed E-state index contributed by atoms with van der Waals surface area (Å²) in [5.41, 5.74) is 4.87. The minimum atomic E-state index is -1.26. The van der Waals surface area contributed by atoms with Crippen molar-refractivity contribution in [3.05, 3.63) is 149 Å². The average Bonchev–Trinajstić information content (AvgIpc) is 3.61. The topological polar surface area (TPSA) is 168 Å². The van der Waals surface area contributed by atoms with Gasteiger partial charge in [-0.2, -0.15) is 0 Å². The maximum Gasteiger partial charge on any atom is 0.328 e. The van der Waals surface area contributed by atoms with Crippen LogP contribution in [0.15, 0.2) is 136 Å². The van der Waals surface area contributed by atoms with Gasteiger partial charge in [-0.25, -0.2) is 19.2 Å². The van der Waals surface area contributed by atoms with Crippen LogP contribution < -0.4 is 0 Å². The molecule has 0 radical (unpaired) electrons. The Bertz CT molecular complexity index is 2140. The van der Waals surface area contributed by atoms with E-state index >= 15 is 0 Å². The van der Waals surface area contributed by atoms with Gasteiger partial charge in [-0.3, -0.25) is 4.90 Å².